The highest BCUT2D eigenvalue weighted by Gasteiger charge is 2.35. The van der Waals surface area contributed by atoms with Gasteiger partial charge in [0.25, 0.3) is 3.79 Å². The van der Waals surface area contributed by atoms with Crippen LogP contribution >= 0.6 is 92.8 Å². The van der Waals surface area contributed by atoms with Crippen LogP contribution in [0.15, 0.2) is 0 Å². The number of hydrogen-bond acceptors (Lipinski definition) is 2. The summed E-state index contributed by atoms with van der Waals surface area (Å²) in [7, 11) is 0. The first-order valence-corrected chi connectivity index (χ1v) is 6.90. The number of rotatable bonds is 1. The van der Waals surface area contributed by atoms with Crippen LogP contribution in [0.3, 0.4) is 0 Å². The highest BCUT2D eigenvalue weighted by atomic mass is 35.6. The maximum Gasteiger partial charge on any atom is 0.364 e. The van der Waals surface area contributed by atoms with Crippen LogP contribution < -0.4 is 4.74 Å². The zero-order valence-electron chi connectivity index (χ0n) is 7.84. The van der Waals surface area contributed by atoms with Crippen molar-refractivity contribution < 1.29 is 9.53 Å². The second-order valence-corrected chi connectivity index (χ2v) is 6.96. The van der Waals surface area contributed by atoms with E-state index in [9.17, 15) is 4.79 Å². The van der Waals surface area contributed by atoms with Gasteiger partial charge in [-0.1, -0.05) is 92.8 Å². The molecule has 0 bridgehead atoms. The minimum atomic E-state index is -2.30. The zero-order valence-corrected chi connectivity index (χ0v) is 13.9. The van der Waals surface area contributed by atoms with Crippen LogP contribution in [-0.2, 0) is 4.79 Å². The van der Waals surface area contributed by atoms with Gasteiger partial charge in [0, 0.05) is 0 Å². The van der Waals surface area contributed by atoms with E-state index in [-0.39, 0.29) is 30.9 Å². The van der Waals surface area contributed by atoms with Crippen molar-refractivity contribution in [1.29, 1.82) is 0 Å². The van der Waals surface area contributed by atoms with Crippen molar-refractivity contribution in [2.24, 2.45) is 0 Å². The van der Waals surface area contributed by atoms with Gasteiger partial charge in [-0.05, 0) is 0 Å². The number of alkyl halides is 3. The van der Waals surface area contributed by atoms with E-state index in [1.165, 1.54) is 0 Å². The molecule has 1 aromatic rings. The van der Waals surface area contributed by atoms with Crippen LogP contribution in [0.25, 0.3) is 0 Å². The molecule has 0 aliphatic rings. The Labute approximate surface area is 142 Å². The highest BCUT2D eigenvalue weighted by molar-refractivity contribution is 6.75. The van der Waals surface area contributed by atoms with Gasteiger partial charge in [0.2, 0.25) is 0 Å². The molecular weight excluding hydrogens is 412 g/mol. The molecule has 1 rings (SSSR count). The van der Waals surface area contributed by atoms with Crippen molar-refractivity contribution in [3.05, 3.63) is 25.1 Å². The van der Waals surface area contributed by atoms with Gasteiger partial charge in [0.05, 0.1) is 15.1 Å². The minimum Gasteiger partial charge on any atom is -0.420 e. The molecule has 0 unspecified atom stereocenters. The third-order valence-electron chi connectivity index (χ3n) is 1.60. The third kappa shape index (κ3) is 3.56. The monoisotopic (exact) mass is 408 g/mol. The third-order valence-corrected chi connectivity index (χ3v) is 4.30. The Morgan fingerprint density at radius 1 is 0.778 bits per heavy atom. The van der Waals surface area contributed by atoms with Crippen molar-refractivity contribution in [2.75, 3.05) is 0 Å². The SMILES string of the molecule is O=C(Oc1c(Cl)c(Cl)c(Cl)c(Cl)c1Cl)C(Cl)(Cl)Cl. The lowest BCUT2D eigenvalue weighted by molar-refractivity contribution is -0.133. The molecule has 0 aromatic heterocycles. The lowest BCUT2D eigenvalue weighted by Crippen LogP contribution is -2.25. The van der Waals surface area contributed by atoms with Gasteiger partial charge in [0.15, 0.2) is 5.75 Å². The van der Waals surface area contributed by atoms with E-state index in [1.54, 1.807) is 0 Å². The van der Waals surface area contributed by atoms with Crippen LogP contribution in [0, 0.1) is 0 Å². The molecule has 18 heavy (non-hydrogen) atoms. The molecule has 100 valence electrons. The fraction of sp³-hybridized carbons (Fsp3) is 0.125. The van der Waals surface area contributed by atoms with Gasteiger partial charge in [-0.3, -0.25) is 0 Å². The number of benzene rings is 1. The Kier molecular flexibility index (Phi) is 5.87. The first kappa shape index (κ1) is 17.1. The number of ether oxygens (including phenoxy) is 1. The van der Waals surface area contributed by atoms with E-state index >= 15 is 0 Å². The molecule has 0 N–H and O–H groups in total. The predicted octanol–water partition coefficient (Wildman–Crippen LogP) is 6.23. The lowest BCUT2D eigenvalue weighted by Gasteiger charge is -2.14. The average molecular weight is 412 g/mol. The fourth-order valence-corrected chi connectivity index (χ4v) is 2.14. The van der Waals surface area contributed by atoms with E-state index < -0.39 is 9.76 Å². The summed E-state index contributed by atoms with van der Waals surface area (Å²) in [5, 5.41) is -0.806. The maximum atomic E-state index is 11.4. The maximum absolute atomic E-state index is 11.4. The molecule has 0 aliphatic heterocycles. The van der Waals surface area contributed by atoms with Gasteiger partial charge in [-0.2, -0.15) is 0 Å². The van der Waals surface area contributed by atoms with Gasteiger partial charge in [-0.25, -0.2) is 4.79 Å². The van der Waals surface area contributed by atoms with Gasteiger partial charge in [-0.15, -0.1) is 0 Å². The first-order valence-electron chi connectivity index (χ1n) is 3.87. The summed E-state index contributed by atoms with van der Waals surface area (Å²) >= 11 is 44.8. The lowest BCUT2D eigenvalue weighted by atomic mass is 10.3. The number of halogens is 8. The summed E-state index contributed by atoms with van der Waals surface area (Å²) in [6, 6.07) is 0. The first-order chi connectivity index (χ1) is 8.07. The van der Waals surface area contributed by atoms with E-state index in [0.717, 1.165) is 0 Å². The summed E-state index contributed by atoms with van der Waals surface area (Å²) in [5.74, 6) is -1.56. The van der Waals surface area contributed by atoms with Crippen molar-refractivity contribution in [3.63, 3.8) is 0 Å². The number of carbonyl (C=O) groups is 1. The Balaban J connectivity index is 3.31. The molecule has 2 nitrogen and oxygen atoms in total. The number of esters is 1. The smallest absolute Gasteiger partial charge is 0.364 e. The highest BCUT2D eigenvalue weighted by Crippen LogP contribution is 2.48. The number of hydrogen-bond donors (Lipinski definition) is 0. The molecule has 0 atom stereocenters. The van der Waals surface area contributed by atoms with Crippen molar-refractivity contribution in [1.82, 2.24) is 0 Å². The second-order valence-electron chi connectivity index (χ2n) is 2.79. The van der Waals surface area contributed by atoms with Crippen molar-refractivity contribution >= 4 is 98.8 Å². The standard InChI is InChI=1S/C8Cl8O2/c9-1-2(10)4(12)6(5(13)3(1)11)18-7(17)8(14,15)16. The minimum absolute atomic E-state index is 0.0815. The molecular formula is C8Cl8O2. The van der Waals surface area contributed by atoms with Crippen molar-refractivity contribution in [2.45, 2.75) is 3.79 Å². The van der Waals surface area contributed by atoms with E-state index in [0.29, 0.717) is 0 Å². The van der Waals surface area contributed by atoms with Crippen LogP contribution in [0.5, 0.6) is 5.75 Å². The molecule has 10 heteroatoms. The van der Waals surface area contributed by atoms with Crippen LogP contribution in [0.1, 0.15) is 0 Å². The largest absolute Gasteiger partial charge is 0.420 e. The zero-order chi connectivity index (χ0) is 14.2. The summed E-state index contributed by atoms with van der Waals surface area (Å²) in [5.41, 5.74) is 0. The Hall–Kier alpha value is 1.01. The molecule has 0 aliphatic carbocycles. The Morgan fingerprint density at radius 3 is 1.44 bits per heavy atom. The van der Waals surface area contributed by atoms with E-state index in [4.69, 9.17) is 97.5 Å². The van der Waals surface area contributed by atoms with Gasteiger partial charge >= 0.3 is 5.97 Å². The molecule has 0 radical (unpaired) electrons. The summed E-state index contributed by atoms with van der Waals surface area (Å²) in [6.45, 7) is 0. The summed E-state index contributed by atoms with van der Waals surface area (Å²) in [4.78, 5) is 11.4. The van der Waals surface area contributed by atoms with E-state index in [1.807, 2.05) is 0 Å². The van der Waals surface area contributed by atoms with Crippen LogP contribution in [0.4, 0.5) is 0 Å². The molecule has 0 saturated heterocycles. The van der Waals surface area contributed by atoms with Gasteiger partial charge < -0.3 is 4.74 Å². The molecule has 0 saturated carbocycles. The predicted molar refractivity (Wildman–Crippen MR) is 77.4 cm³/mol. The van der Waals surface area contributed by atoms with Gasteiger partial charge in [0.1, 0.15) is 10.0 Å². The van der Waals surface area contributed by atoms with E-state index in [2.05, 4.69) is 0 Å². The Morgan fingerprint density at radius 2 is 1.11 bits per heavy atom. The molecule has 0 amide bonds. The molecule has 0 heterocycles. The quantitative estimate of drug-likeness (QED) is 0.180. The fourth-order valence-electron chi connectivity index (χ4n) is 0.825. The summed E-state index contributed by atoms with van der Waals surface area (Å²) < 4.78 is 2.43. The molecule has 0 spiro atoms. The second kappa shape index (κ2) is 6.19. The normalized spacial score (nSPS) is 11.6. The molecule has 0 fully saturated rings. The topological polar surface area (TPSA) is 26.3 Å². The van der Waals surface area contributed by atoms with Crippen LogP contribution in [-0.4, -0.2) is 9.76 Å². The summed E-state index contributed by atoms with van der Waals surface area (Å²) in [6.07, 6.45) is 0. The molecule has 1 aromatic carbocycles. The Bertz CT molecular complexity index is 478. The average Bonchev–Trinajstić information content (AvgIpc) is 2.28. The van der Waals surface area contributed by atoms with Crippen molar-refractivity contribution in [3.8, 4) is 5.75 Å². The van der Waals surface area contributed by atoms with Crippen LogP contribution in [0.2, 0.25) is 25.1 Å². The number of carbonyl (C=O) groups excluding carboxylic acids is 1.